The first kappa shape index (κ1) is 27.3. The Morgan fingerprint density at radius 2 is 1.24 bits per heavy atom. The number of halogens is 4. The quantitative estimate of drug-likeness (QED) is 0.0933. The van der Waals surface area contributed by atoms with Gasteiger partial charge in [0.15, 0.2) is 23.3 Å². The first-order valence-corrected chi connectivity index (χ1v) is 11.6. The van der Waals surface area contributed by atoms with E-state index in [1.807, 2.05) is 0 Å². The van der Waals surface area contributed by atoms with Crippen molar-refractivity contribution in [3.05, 3.63) is 70.3 Å². The lowest BCUT2D eigenvalue weighted by molar-refractivity contribution is 0.0432. The number of benzene rings is 2. The van der Waals surface area contributed by atoms with Crippen molar-refractivity contribution in [1.82, 2.24) is 0 Å². The van der Waals surface area contributed by atoms with Gasteiger partial charge < -0.3 is 9.47 Å². The van der Waals surface area contributed by atoms with Gasteiger partial charge in [-0.15, -0.1) is 0 Å². The molecule has 0 bridgehead atoms. The summed E-state index contributed by atoms with van der Waals surface area (Å²) in [6, 6.07) is 6.14. The Labute approximate surface area is 197 Å². The third-order valence-electron chi connectivity index (χ3n) is 5.38. The number of unbranched alkanes of at least 4 members (excludes halogenated alkanes) is 8. The minimum atomic E-state index is -1.99. The van der Waals surface area contributed by atoms with Gasteiger partial charge in [-0.3, -0.25) is 0 Å². The lowest BCUT2D eigenvalue weighted by Gasteiger charge is -2.11. The SMILES string of the molecule is CCCCCCCCCCCOC(=O)c1ccccc1C(=O)OCc1cc(F)c(F)c(F)c1F. The van der Waals surface area contributed by atoms with E-state index in [4.69, 9.17) is 9.47 Å². The van der Waals surface area contributed by atoms with Crippen LogP contribution in [-0.2, 0) is 16.1 Å². The Morgan fingerprint density at radius 3 is 1.82 bits per heavy atom. The highest BCUT2D eigenvalue weighted by Gasteiger charge is 2.22. The van der Waals surface area contributed by atoms with Crippen molar-refractivity contribution in [3.8, 4) is 0 Å². The second-order valence-corrected chi connectivity index (χ2v) is 8.05. The van der Waals surface area contributed by atoms with Gasteiger partial charge in [-0.1, -0.05) is 70.4 Å². The van der Waals surface area contributed by atoms with Crippen LogP contribution in [0.1, 0.15) is 91.0 Å². The van der Waals surface area contributed by atoms with Gasteiger partial charge in [-0.05, 0) is 24.6 Å². The zero-order valence-corrected chi connectivity index (χ0v) is 19.3. The molecular weight excluding hydrogens is 452 g/mol. The van der Waals surface area contributed by atoms with Gasteiger partial charge in [0.1, 0.15) is 6.61 Å². The molecule has 0 N–H and O–H groups in total. The number of hydrogen-bond donors (Lipinski definition) is 0. The van der Waals surface area contributed by atoms with Gasteiger partial charge in [0.25, 0.3) is 0 Å². The first-order valence-electron chi connectivity index (χ1n) is 11.6. The molecule has 0 saturated heterocycles. The Morgan fingerprint density at radius 1 is 0.706 bits per heavy atom. The van der Waals surface area contributed by atoms with Gasteiger partial charge in [-0.2, -0.15) is 0 Å². The van der Waals surface area contributed by atoms with E-state index in [1.54, 1.807) is 0 Å². The highest BCUT2D eigenvalue weighted by Crippen LogP contribution is 2.20. The Bertz CT molecular complexity index is 962. The van der Waals surface area contributed by atoms with Crippen molar-refractivity contribution in [2.75, 3.05) is 6.61 Å². The lowest BCUT2D eigenvalue weighted by atomic mass is 10.1. The van der Waals surface area contributed by atoms with Crippen LogP contribution in [0.15, 0.2) is 30.3 Å². The Hall–Kier alpha value is -2.90. The highest BCUT2D eigenvalue weighted by atomic mass is 19.2. The standard InChI is InChI=1S/C26H30F4O4/c1-2-3-4-5-6-7-8-9-12-15-33-25(31)19-13-10-11-14-20(19)26(32)34-17-18-16-21(27)23(29)24(30)22(18)28/h10-11,13-14,16H,2-9,12,15,17H2,1H3. The summed E-state index contributed by atoms with van der Waals surface area (Å²) in [7, 11) is 0. The van der Waals surface area contributed by atoms with Crippen LogP contribution in [0.5, 0.6) is 0 Å². The smallest absolute Gasteiger partial charge is 0.339 e. The molecule has 2 rings (SSSR count). The molecule has 4 nitrogen and oxygen atoms in total. The third-order valence-corrected chi connectivity index (χ3v) is 5.38. The van der Waals surface area contributed by atoms with E-state index in [2.05, 4.69) is 6.92 Å². The molecule has 0 atom stereocenters. The van der Waals surface area contributed by atoms with Crippen LogP contribution in [0.4, 0.5) is 17.6 Å². The molecule has 0 aromatic heterocycles. The van der Waals surface area contributed by atoms with E-state index >= 15 is 0 Å². The van der Waals surface area contributed by atoms with Crippen molar-refractivity contribution in [2.45, 2.75) is 71.3 Å². The fourth-order valence-electron chi connectivity index (χ4n) is 3.44. The maximum atomic E-state index is 13.8. The van der Waals surface area contributed by atoms with Crippen molar-refractivity contribution < 1.29 is 36.6 Å². The number of rotatable bonds is 14. The Kier molecular flexibility index (Phi) is 11.6. The monoisotopic (exact) mass is 482 g/mol. The van der Waals surface area contributed by atoms with E-state index < -0.39 is 47.4 Å². The molecule has 34 heavy (non-hydrogen) atoms. The number of esters is 2. The average Bonchev–Trinajstić information content (AvgIpc) is 2.84. The predicted octanol–water partition coefficient (Wildman–Crippen LogP) is 7.29. The fourth-order valence-corrected chi connectivity index (χ4v) is 3.44. The number of hydrogen-bond acceptors (Lipinski definition) is 4. The topological polar surface area (TPSA) is 52.6 Å². The molecule has 0 radical (unpaired) electrons. The summed E-state index contributed by atoms with van der Waals surface area (Å²) < 4.78 is 63.7. The lowest BCUT2D eigenvalue weighted by Crippen LogP contribution is -2.15. The molecule has 0 aliphatic heterocycles. The summed E-state index contributed by atoms with van der Waals surface area (Å²) in [5.41, 5.74) is -0.849. The van der Waals surface area contributed by atoms with Gasteiger partial charge in [0, 0.05) is 5.56 Å². The number of ether oxygens (including phenoxy) is 2. The van der Waals surface area contributed by atoms with Crippen molar-refractivity contribution >= 4 is 11.9 Å². The molecular formula is C26H30F4O4. The molecule has 0 aliphatic rings. The molecule has 0 heterocycles. The van der Waals surface area contributed by atoms with E-state index in [0.29, 0.717) is 12.5 Å². The molecule has 0 unspecified atom stereocenters. The molecule has 0 spiro atoms. The molecule has 0 aliphatic carbocycles. The summed E-state index contributed by atoms with van der Waals surface area (Å²) in [4.78, 5) is 24.8. The van der Waals surface area contributed by atoms with Crippen molar-refractivity contribution in [1.29, 1.82) is 0 Å². The van der Waals surface area contributed by atoms with Crippen LogP contribution in [0.3, 0.4) is 0 Å². The Balaban J connectivity index is 1.83. The molecule has 186 valence electrons. The van der Waals surface area contributed by atoms with Gasteiger partial charge in [0.05, 0.1) is 17.7 Å². The van der Waals surface area contributed by atoms with Gasteiger partial charge in [0.2, 0.25) is 0 Å². The van der Waals surface area contributed by atoms with Crippen molar-refractivity contribution in [2.24, 2.45) is 0 Å². The van der Waals surface area contributed by atoms with Crippen LogP contribution in [0.2, 0.25) is 0 Å². The van der Waals surface area contributed by atoms with Gasteiger partial charge in [-0.25, -0.2) is 27.2 Å². The van der Waals surface area contributed by atoms with Crippen LogP contribution in [-0.4, -0.2) is 18.5 Å². The predicted molar refractivity (Wildman–Crippen MR) is 119 cm³/mol. The third kappa shape index (κ3) is 8.15. The van der Waals surface area contributed by atoms with E-state index in [0.717, 1.165) is 19.3 Å². The zero-order chi connectivity index (χ0) is 24.9. The summed E-state index contributed by atoms with van der Waals surface area (Å²) in [5, 5.41) is 0. The first-order chi connectivity index (χ1) is 16.4. The maximum Gasteiger partial charge on any atom is 0.339 e. The van der Waals surface area contributed by atoms with Crippen LogP contribution in [0.25, 0.3) is 0 Å². The summed E-state index contributed by atoms with van der Waals surface area (Å²) >= 11 is 0. The van der Waals surface area contributed by atoms with Crippen LogP contribution < -0.4 is 0 Å². The highest BCUT2D eigenvalue weighted by molar-refractivity contribution is 6.03. The minimum absolute atomic E-state index is 0.0413. The van der Waals surface area contributed by atoms with Crippen molar-refractivity contribution in [3.63, 3.8) is 0 Å². The molecule has 0 fully saturated rings. The number of carbonyl (C=O) groups excluding carboxylic acids is 2. The summed E-state index contributed by atoms with van der Waals surface area (Å²) in [6.07, 6.45) is 10.1. The molecule has 0 amide bonds. The van der Waals surface area contributed by atoms with E-state index in [9.17, 15) is 27.2 Å². The molecule has 2 aromatic carbocycles. The second-order valence-electron chi connectivity index (χ2n) is 8.05. The van der Waals surface area contributed by atoms with E-state index in [1.165, 1.54) is 56.4 Å². The van der Waals surface area contributed by atoms with Gasteiger partial charge >= 0.3 is 11.9 Å². The van der Waals surface area contributed by atoms with Crippen LogP contribution >= 0.6 is 0 Å². The maximum absolute atomic E-state index is 13.8. The minimum Gasteiger partial charge on any atom is -0.462 e. The summed E-state index contributed by atoms with van der Waals surface area (Å²) in [5.74, 6) is -8.93. The van der Waals surface area contributed by atoms with Crippen LogP contribution in [0, 0.1) is 23.3 Å². The number of carbonyl (C=O) groups is 2. The zero-order valence-electron chi connectivity index (χ0n) is 19.3. The second kappa shape index (κ2) is 14.4. The van der Waals surface area contributed by atoms with E-state index in [-0.39, 0.29) is 17.7 Å². The molecule has 2 aromatic rings. The largest absolute Gasteiger partial charge is 0.462 e. The average molecular weight is 483 g/mol. The fraction of sp³-hybridized carbons (Fsp3) is 0.462. The molecule has 8 heteroatoms. The normalized spacial score (nSPS) is 10.9. The summed E-state index contributed by atoms with van der Waals surface area (Å²) in [6.45, 7) is 1.54. The molecule has 0 saturated carbocycles.